The first kappa shape index (κ1) is 23.6. The zero-order chi connectivity index (χ0) is 24.1. The Morgan fingerprint density at radius 1 is 1.09 bits per heavy atom. The van der Waals surface area contributed by atoms with Gasteiger partial charge < -0.3 is 14.4 Å². The summed E-state index contributed by atoms with van der Waals surface area (Å²) in [6, 6.07) is 13.5. The number of pyridine rings is 1. The third-order valence-electron chi connectivity index (χ3n) is 6.17. The monoisotopic (exact) mass is 457 g/mol. The SMILES string of the molecule is CC[C@H](C)CCn1cc(-c2cnc(C)c(-c3cc(-c4ccc(CNC)cc4)no3)n2)ccc1=O. The fourth-order valence-electron chi connectivity index (χ4n) is 3.76. The van der Waals surface area contributed by atoms with Crippen LogP contribution in [0.3, 0.4) is 0 Å². The third-order valence-corrected chi connectivity index (χ3v) is 6.17. The lowest BCUT2D eigenvalue weighted by Crippen LogP contribution is -2.19. The Bertz CT molecular complexity index is 1310. The summed E-state index contributed by atoms with van der Waals surface area (Å²) in [7, 11) is 1.93. The number of nitrogens with zero attached hydrogens (tertiary/aromatic N) is 4. The molecule has 7 nitrogen and oxygen atoms in total. The fraction of sp³-hybridized carbons (Fsp3) is 0.333. The molecule has 0 aliphatic carbocycles. The maximum atomic E-state index is 12.3. The van der Waals surface area contributed by atoms with E-state index in [9.17, 15) is 4.79 Å². The predicted octanol–water partition coefficient (Wildman–Crippen LogP) is 5.09. The molecule has 7 heteroatoms. The average Bonchev–Trinajstić information content (AvgIpc) is 3.34. The van der Waals surface area contributed by atoms with Gasteiger partial charge in [-0.05, 0) is 37.9 Å². The van der Waals surface area contributed by atoms with Crippen molar-refractivity contribution in [3.05, 3.63) is 76.5 Å². The largest absolute Gasteiger partial charge is 0.354 e. The van der Waals surface area contributed by atoms with Gasteiger partial charge in [0.2, 0.25) is 0 Å². The molecule has 1 aromatic carbocycles. The van der Waals surface area contributed by atoms with Crippen LogP contribution in [0.25, 0.3) is 34.0 Å². The lowest BCUT2D eigenvalue weighted by atomic mass is 10.1. The van der Waals surface area contributed by atoms with Crippen molar-refractivity contribution in [1.29, 1.82) is 0 Å². The van der Waals surface area contributed by atoms with Crippen LogP contribution < -0.4 is 10.9 Å². The van der Waals surface area contributed by atoms with Gasteiger partial charge in [0.15, 0.2) is 5.76 Å². The van der Waals surface area contributed by atoms with E-state index in [1.54, 1.807) is 22.9 Å². The van der Waals surface area contributed by atoms with Gasteiger partial charge in [-0.15, -0.1) is 0 Å². The van der Waals surface area contributed by atoms with Crippen LogP contribution in [0.1, 0.15) is 37.9 Å². The van der Waals surface area contributed by atoms with Crippen molar-refractivity contribution in [3.63, 3.8) is 0 Å². The van der Waals surface area contributed by atoms with Crippen molar-refractivity contribution in [3.8, 4) is 34.0 Å². The summed E-state index contributed by atoms with van der Waals surface area (Å²) in [5.74, 6) is 1.13. The van der Waals surface area contributed by atoms with Gasteiger partial charge in [-0.2, -0.15) is 0 Å². The molecule has 0 bridgehead atoms. The second-order valence-electron chi connectivity index (χ2n) is 8.74. The number of hydrogen-bond donors (Lipinski definition) is 1. The first-order valence-electron chi connectivity index (χ1n) is 11.7. The second-order valence-corrected chi connectivity index (χ2v) is 8.74. The lowest BCUT2D eigenvalue weighted by molar-refractivity contribution is 0.433. The number of hydrogen-bond acceptors (Lipinski definition) is 6. The van der Waals surface area contributed by atoms with Crippen molar-refractivity contribution >= 4 is 0 Å². The Morgan fingerprint density at radius 3 is 2.59 bits per heavy atom. The highest BCUT2D eigenvalue weighted by Crippen LogP contribution is 2.28. The first-order chi connectivity index (χ1) is 16.5. The average molecular weight is 458 g/mol. The Labute approximate surface area is 199 Å². The number of benzene rings is 1. The Balaban J connectivity index is 1.62. The highest BCUT2D eigenvalue weighted by Gasteiger charge is 2.15. The molecule has 0 radical (unpaired) electrons. The van der Waals surface area contributed by atoms with Crippen molar-refractivity contribution in [2.45, 2.75) is 46.7 Å². The minimum absolute atomic E-state index is 0.00652. The normalized spacial score (nSPS) is 12.1. The van der Waals surface area contributed by atoms with Crippen molar-refractivity contribution in [2.75, 3.05) is 7.05 Å². The Kier molecular flexibility index (Phi) is 7.33. The van der Waals surface area contributed by atoms with E-state index in [1.807, 2.05) is 38.4 Å². The molecule has 0 fully saturated rings. The van der Waals surface area contributed by atoms with Gasteiger partial charge in [0, 0.05) is 42.5 Å². The van der Waals surface area contributed by atoms with Gasteiger partial charge >= 0.3 is 0 Å². The fourth-order valence-corrected chi connectivity index (χ4v) is 3.76. The van der Waals surface area contributed by atoms with Crippen LogP contribution in [0.15, 0.2) is 64.2 Å². The van der Waals surface area contributed by atoms with E-state index >= 15 is 0 Å². The van der Waals surface area contributed by atoms with Crippen LogP contribution in [0.4, 0.5) is 0 Å². The molecule has 0 aliphatic rings. The minimum Gasteiger partial charge on any atom is -0.354 e. The maximum Gasteiger partial charge on any atom is 0.250 e. The van der Waals surface area contributed by atoms with E-state index in [0.717, 1.165) is 41.9 Å². The summed E-state index contributed by atoms with van der Waals surface area (Å²) in [5, 5.41) is 7.40. The number of rotatable bonds is 9. The van der Waals surface area contributed by atoms with Gasteiger partial charge in [0.25, 0.3) is 5.56 Å². The summed E-state index contributed by atoms with van der Waals surface area (Å²) < 4.78 is 7.41. The summed E-state index contributed by atoms with van der Waals surface area (Å²) in [6.07, 6.45) is 5.66. The molecule has 1 atom stereocenters. The molecule has 0 saturated heterocycles. The molecule has 0 amide bonds. The molecule has 34 heavy (non-hydrogen) atoms. The van der Waals surface area contributed by atoms with E-state index in [4.69, 9.17) is 9.51 Å². The third kappa shape index (κ3) is 5.31. The van der Waals surface area contributed by atoms with Crippen LogP contribution in [0.5, 0.6) is 0 Å². The molecule has 3 heterocycles. The lowest BCUT2D eigenvalue weighted by Gasteiger charge is -2.12. The Hall–Kier alpha value is -3.58. The summed E-state index contributed by atoms with van der Waals surface area (Å²) >= 11 is 0. The molecule has 0 aliphatic heterocycles. The highest BCUT2D eigenvalue weighted by molar-refractivity contribution is 5.68. The van der Waals surface area contributed by atoms with Gasteiger partial charge in [0.05, 0.1) is 17.6 Å². The summed E-state index contributed by atoms with van der Waals surface area (Å²) in [5.41, 5.74) is 5.84. The molecule has 0 unspecified atom stereocenters. The molecular weight excluding hydrogens is 426 g/mol. The standard InChI is InChI=1S/C27H31N5O2/c1-5-18(2)12-13-32-17-22(10-11-26(32)33)24-16-29-19(3)27(30-24)25-14-23(31-34-25)21-8-6-20(7-9-21)15-28-4/h6-11,14,16-18,28H,5,12-13,15H2,1-4H3/t18-/m0/s1. The van der Waals surface area contributed by atoms with E-state index in [2.05, 4.69) is 41.4 Å². The van der Waals surface area contributed by atoms with Crippen LogP contribution in [0, 0.1) is 12.8 Å². The van der Waals surface area contributed by atoms with E-state index in [1.165, 1.54) is 5.56 Å². The zero-order valence-electron chi connectivity index (χ0n) is 20.2. The topological polar surface area (TPSA) is 85.8 Å². The van der Waals surface area contributed by atoms with Crippen molar-refractivity contribution in [1.82, 2.24) is 25.0 Å². The van der Waals surface area contributed by atoms with Crippen LogP contribution in [0.2, 0.25) is 0 Å². The van der Waals surface area contributed by atoms with Gasteiger partial charge in [-0.25, -0.2) is 4.98 Å². The predicted molar refractivity (Wildman–Crippen MR) is 134 cm³/mol. The van der Waals surface area contributed by atoms with E-state index in [0.29, 0.717) is 29.6 Å². The number of aromatic nitrogens is 4. The summed E-state index contributed by atoms with van der Waals surface area (Å²) in [4.78, 5) is 21.7. The van der Waals surface area contributed by atoms with Crippen molar-refractivity contribution in [2.24, 2.45) is 5.92 Å². The van der Waals surface area contributed by atoms with Crippen LogP contribution in [-0.4, -0.2) is 26.7 Å². The smallest absolute Gasteiger partial charge is 0.250 e. The molecular formula is C27H31N5O2. The molecule has 4 aromatic rings. The molecule has 0 spiro atoms. The highest BCUT2D eigenvalue weighted by atomic mass is 16.5. The summed E-state index contributed by atoms with van der Waals surface area (Å²) in [6.45, 7) is 7.77. The minimum atomic E-state index is -0.00652. The second kappa shape index (κ2) is 10.6. The molecule has 176 valence electrons. The molecule has 1 N–H and O–H groups in total. The quantitative estimate of drug-likeness (QED) is 0.377. The van der Waals surface area contributed by atoms with Crippen LogP contribution in [-0.2, 0) is 13.1 Å². The van der Waals surface area contributed by atoms with E-state index < -0.39 is 0 Å². The van der Waals surface area contributed by atoms with Gasteiger partial charge in [-0.1, -0.05) is 49.7 Å². The number of aryl methyl sites for hydroxylation is 2. The maximum absolute atomic E-state index is 12.3. The van der Waals surface area contributed by atoms with Gasteiger partial charge in [-0.3, -0.25) is 9.78 Å². The van der Waals surface area contributed by atoms with Crippen LogP contribution >= 0.6 is 0 Å². The Morgan fingerprint density at radius 2 is 1.85 bits per heavy atom. The van der Waals surface area contributed by atoms with E-state index in [-0.39, 0.29) is 5.56 Å². The molecule has 4 rings (SSSR count). The number of nitrogens with one attached hydrogen (secondary N) is 1. The zero-order valence-corrected chi connectivity index (χ0v) is 20.2. The first-order valence-corrected chi connectivity index (χ1v) is 11.7. The molecule has 3 aromatic heterocycles. The molecule has 0 saturated carbocycles. The van der Waals surface area contributed by atoms with Gasteiger partial charge in [0.1, 0.15) is 11.4 Å². The van der Waals surface area contributed by atoms with Crippen molar-refractivity contribution < 1.29 is 4.52 Å².